The molecule has 0 aliphatic rings. The predicted molar refractivity (Wildman–Crippen MR) is 85.4 cm³/mol. The van der Waals surface area contributed by atoms with Crippen LogP contribution in [-0.4, -0.2) is 22.2 Å². The van der Waals surface area contributed by atoms with Gasteiger partial charge in [-0.25, -0.2) is 9.59 Å². The second kappa shape index (κ2) is 12.7. The van der Waals surface area contributed by atoms with Crippen LogP contribution in [0.3, 0.4) is 0 Å². The van der Waals surface area contributed by atoms with Crippen LogP contribution in [0.15, 0.2) is 29.2 Å². The van der Waals surface area contributed by atoms with Gasteiger partial charge in [-0.05, 0) is 25.0 Å². The molecule has 5 nitrogen and oxygen atoms in total. The predicted octanol–water partition coefficient (Wildman–Crippen LogP) is 4.99. The van der Waals surface area contributed by atoms with E-state index in [-0.39, 0.29) is 11.5 Å². The molecule has 1 aromatic rings. The van der Waals surface area contributed by atoms with Gasteiger partial charge in [0.2, 0.25) is 11.5 Å². The molecule has 1 aromatic heterocycles. The molecule has 0 fully saturated rings. The maximum absolute atomic E-state index is 10.2. The summed E-state index contributed by atoms with van der Waals surface area (Å²) >= 11 is 0. The van der Waals surface area contributed by atoms with Crippen molar-refractivity contribution in [1.29, 1.82) is 0 Å². The number of carboxylic acids is 2. The van der Waals surface area contributed by atoms with Crippen molar-refractivity contribution in [3.05, 3.63) is 36.3 Å². The van der Waals surface area contributed by atoms with Crippen LogP contribution in [0.1, 0.15) is 79.4 Å². The molecule has 0 spiro atoms. The van der Waals surface area contributed by atoms with Crippen LogP contribution < -0.4 is 0 Å². The number of rotatable bonds is 10. The summed E-state index contributed by atoms with van der Waals surface area (Å²) in [6.07, 6.45) is 13.0. The quantitative estimate of drug-likeness (QED) is 0.469. The topological polar surface area (TPSA) is 87.7 Å². The number of unbranched alkanes of at least 4 members (excludes halogenated alkanes) is 7. The number of carboxylic acid groups (broad SMARTS) is 2. The zero-order valence-electron chi connectivity index (χ0n) is 13.2. The summed E-state index contributed by atoms with van der Waals surface area (Å²) in [6.45, 7) is 5.97. The Labute approximate surface area is 131 Å². The van der Waals surface area contributed by atoms with E-state index in [2.05, 4.69) is 17.9 Å². The van der Waals surface area contributed by atoms with E-state index in [1.54, 1.807) is 0 Å². The largest absolute Gasteiger partial charge is 0.475 e. The van der Waals surface area contributed by atoms with Crippen LogP contribution in [0, 0.1) is 0 Å². The Balaban J connectivity index is 0.000000401. The Morgan fingerprint density at radius 1 is 1.00 bits per heavy atom. The second-order valence-electron chi connectivity index (χ2n) is 4.97. The van der Waals surface area contributed by atoms with Crippen molar-refractivity contribution in [3.63, 3.8) is 0 Å². The molecule has 1 heterocycles. The first kappa shape index (κ1) is 20.0. The minimum atomic E-state index is -1.28. The molecule has 0 amide bonds. The van der Waals surface area contributed by atoms with Gasteiger partial charge in [0.05, 0.1) is 0 Å². The number of hydrogen-bond acceptors (Lipinski definition) is 3. The van der Waals surface area contributed by atoms with Gasteiger partial charge < -0.3 is 14.6 Å². The van der Waals surface area contributed by atoms with E-state index in [1.165, 1.54) is 51.4 Å². The van der Waals surface area contributed by atoms with E-state index in [1.807, 2.05) is 6.08 Å². The third-order valence-electron chi connectivity index (χ3n) is 3.04. The smallest absolute Gasteiger partial charge is 0.371 e. The van der Waals surface area contributed by atoms with Crippen molar-refractivity contribution in [1.82, 2.24) is 0 Å². The first-order valence-corrected chi connectivity index (χ1v) is 7.70. The molecular weight excluding hydrogens is 284 g/mol. The summed E-state index contributed by atoms with van der Waals surface area (Å²) in [5.74, 6) is -3.31. The molecule has 124 valence electrons. The standard InChI is InChI=1S/C11H22.C6H4O5/c1-3-5-7-9-11-10-8-6-4-2;7-5(8)3-1-2-4(11-3)6(9)10/h3H,1,4-11H2,2H3;1-2H,(H,7,8)(H,9,10). The molecule has 22 heavy (non-hydrogen) atoms. The van der Waals surface area contributed by atoms with Gasteiger partial charge in [0.25, 0.3) is 0 Å². The Morgan fingerprint density at radius 2 is 1.45 bits per heavy atom. The highest BCUT2D eigenvalue weighted by Gasteiger charge is 2.12. The SMILES string of the molecule is C=CCCCCCCCCC.O=C(O)c1ccc(C(=O)O)o1. The van der Waals surface area contributed by atoms with Gasteiger partial charge in [0, 0.05) is 0 Å². The molecule has 0 saturated heterocycles. The fourth-order valence-electron chi connectivity index (χ4n) is 1.81. The highest BCUT2D eigenvalue weighted by Crippen LogP contribution is 2.08. The lowest BCUT2D eigenvalue weighted by Crippen LogP contribution is -1.94. The first-order valence-electron chi connectivity index (χ1n) is 7.70. The Bertz CT molecular complexity index is 419. The number of hydrogen-bond donors (Lipinski definition) is 2. The number of allylic oxidation sites excluding steroid dienone is 1. The summed E-state index contributed by atoms with van der Waals surface area (Å²) in [5.41, 5.74) is 0. The molecule has 0 radical (unpaired) electrons. The minimum Gasteiger partial charge on any atom is -0.475 e. The molecule has 0 saturated carbocycles. The molecule has 0 aliphatic carbocycles. The van der Waals surface area contributed by atoms with E-state index < -0.39 is 11.9 Å². The van der Waals surface area contributed by atoms with E-state index in [0.29, 0.717) is 0 Å². The molecule has 1 rings (SSSR count). The second-order valence-corrected chi connectivity index (χ2v) is 4.97. The van der Waals surface area contributed by atoms with Crippen LogP contribution >= 0.6 is 0 Å². The third-order valence-corrected chi connectivity index (χ3v) is 3.04. The van der Waals surface area contributed by atoms with Gasteiger partial charge in [-0.3, -0.25) is 0 Å². The zero-order valence-corrected chi connectivity index (χ0v) is 13.2. The van der Waals surface area contributed by atoms with E-state index >= 15 is 0 Å². The lowest BCUT2D eigenvalue weighted by Gasteiger charge is -1.98. The molecule has 0 unspecified atom stereocenters. The summed E-state index contributed by atoms with van der Waals surface area (Å²) in [7, 11) is 0. The van der Waals surface area contributed by atoms with Gasteiger partial charge in [-0.1, -0.05) is 51.5 Å². The molecule has 0 aromatic carbocycles. The van der Waals surface area contributed by atoms with Crippen molar-refractivity contribution in [3.8, 4) is 0 Å². The monoisotopic (exact) mass is 310 g/mol. The van der Waals surface area contributed by atoms with Crippen LogP contribution in [0.2, 0.25) is 0 Å². The van der Waals surface area contributed by atoms with E-state index in [0.717, 1.165) is 12.1 Å². The lowest BCUT2D eigenvalue weighted by molar-refractivity contribution is 0.0631. The molecule has 2 N–H and O–H groups in total. The van der Waals surface area contributed by atoms with Crippen molar-refractivity contribution < 1.29 is 24.2 Å². The summed E-state index contributed by atoms with van der Waals surface area (Å²) in [5, 5.41) is 16.6. The lowest BCUT2D eigenvalue weighted by atomic mass is 10.1. The highest BCUT2D eigenvalue weighted by atomic mass is 16.4. The van der Waals surface area contributed by atoms with Crippen molar-refractivity contribution in [2.24, 2.45) is 0 Å². The highest BCUT2D eigenvalue weighted by molar-refractivity contribution is 5.88. The van der Waals surface area contributed by atoms with Crippen LogP contribution in [0.4, 0.5) is 0 Å². The maximum Gasteiger partial charge on any atom is 0.371 e. The van der Waals surface area contributed by atoms with Gasteiger partial charge in [-0.15, -0.1) is 6.58 Å². The number of furan rings is 1. The van der Waals surface area contributed by atoms with Gasteiger partial charge in [-0.2, -0.15) is 0 Å². The normalized spacial score (nSPS) is 9.68. The van der Waals surface area contributed by atoms with Crippen LogP contribution in [-0.2, 0) is 0 Å². The van der Waals surface area contributed by atoms with Crippen molar-refractivity contribution >= 4 is 11.9 Å². The van der Waals surface area contributed by atoms with Crippen LogP contribution in [0.25, 0.3) is 0 Å². The Hall–Kier alpha value is -2.04. The van der Waals surface area contributed by atoms with Crippen LogP contribution in [0.5, 0.6) is 0 Å². The summed E-state index contributed by atoms with van der Waals surface area (Å²) in [6, 6.07) is 2.18. The summed E-state index contributed by atoms with van der Waals surface area (Å²) in [4.78, 5) is 20.3. The average molecular weight is 310 g/mol. The van der Waals surface area contributed by atoms with E-state index in [4.69, 9.17) is 10.2 Å². The zero-order chi connectivity index (χ0) is 16.8. The minimum absolute atomic E-state index is 0.373. The molecule has 5 heteroatoms. The Kier molecular flexibility index (Phi) is 11.5. The molecular formula is C17H26O5. The molecule has 0 atom stereocenters. The fourth-order valence-corrected chi connectivity index (χ4v) is 1.81. The average Bonchev–Trinajstić information content (AvgIpc) is 2.97. The molecule has 0 aliphatic heterocycles. The van der Waals surface area contributed by atoms with E-state index in [9.17, 15) is 9.59 Å². The Morgan fingerprint density at radius 3 is 1.82 bits per heavy atom. The fraction of sp³-hybridized carbons (Fsp3) is 0.529. The first-order chi connectivity index (χ1) is 10.5. The maximum atomic E-state index is 10.2. The van der Waals surface area contributed by atoms with Gasteiger partial charge in [0.1, 0.15) is 0 Å². The van der Waals surface area contributed by atoms with Crippen molar-refractivity contribution in [2.45, 2.75) is 58.3 Å². The number of aromatic carboxylic acids is 2. The number of carbonyl (C=O) groups is 2. The third kappa shape index (κ3) is 9.80. The van der Waals surface area contributed by atoms with Crippen molar-refractivity contribution in [2.75, 3.05) is 0 Å². The van der Waals surface area contributed by atoms with Gasteiger partial charge in [0.15, 0.2) is 0 Å². The summed E-state index contributed by atoms with van der Waals surface area (Å²) < 4.78 is 4.41. The molecule has 0 bridgehead atoms. The van der Waals surface area contributed by atoms with Gasteiger partial charge >= 0.3 is 11.9 Å².